The Hall–Kier alpha value is -2.37. The quantitative estimate of drug-likeness (QED) is 0.824. The predicted molar refractivity (Wildman–Crippen MR) is 94.6 cm³/mol. The molecule has 1 aliphatic heterocycles. The van der Waals surface area contributed by atoms with Crippen LogP contribution in [-0.4, -0.2) is 43.2 Å². The molecule has 0 aromatic heterocycles. The van der Waals surface area contributed by atoms with Gasteiger partial charge in [-0.1, -0.05) is 30.3 Å². The van der Waals surface area contributed by atoms with Crippen molar-refractivity contribution in [1.82, 2.24) is 10.2 Å². The molecule has 24 heavy (non-hydrogen) atoms. The van der Waals surface area contributed by atoms with Crippen molar-refractivity contribution >= 4 is 11.6 Å². The zero-order valence-electron chi connectivity index (χ0n) is 13.7. The molecule has 5 nitrogen and oxygen atoms in total. The number of carbonyl (C=O) groups excluding carboxylic acids is 1. The highest BCUT2D eigenvalue weighted by Gasteiger charge is 2.21. The van der Waals surface area contributed by atoms with Crippen molar-refractivity contribution in [2.75, 3.05) is 32.0 Å². The van der Waals surface area contributed by atoms with Crippen LogP contribution in [0.4, 0.5) is 5.69 Å². The molecule has 1 aliphatic rings. The Balaban J connectivity index is 1.48. The standard InChI is InChI=1S/C19H23N3O2/c20-17-8-6-16(7-9-17)19(23)21-12-18-14-22(10-11-24-18)13-15-4-2-1-3-5-15/h1-9,18H,10-14,20H2,(H,21,23). The molecule has 1 atom stereocenters. The molecule has 0 aliphatic carbocycles. The van der Waals surface area contributed by atoms with E-state index in [0.29, 0.717) is 24.4 Å². The number of nitrogens with one attached hydrogen (secondary N) is 1. The lowest BCUT2D eigenvalue weighted by atomic mass is 10.1. The summed E-state index contributed by atoms with van der Waals surface area (Å²) in [4.78, 5) is 14.5. The number of carbonyl (C=O) groups is 1. The van der Waals surface area contributed by atoms with E-state index in [-0.39, 0.29) is 12.0 Å². The Labute approximate surface area is 142 Å². The van der Waals surface area contributed by atoms with Crippen LogP contribution in [0.2, 0.25) is 0 Å². The molecule has 126 valence electrons. The normalized spacial score (nSPS) is 18.2. The average molecular weight is 325 g/mol. The minimum atomic E-state index is -0.0983. The van der Waals surface area contributed by atoms with Gasteiger partial charge in [-0.3, -0.25) is 9.69 Å². The van der Waals surface area contributed by atoms with E-state index in [1.54, 1.807) is 24.3 Å². The minimum absolute atomic E-state index is 0.0141. The summed E-state index contributed by atoms with van der Waals surface area (Å²) in [5.74, 6) is -0.0983. The van der Waals surface area contributed by atoms with Gasteiger partial charge in [0.2, 0.25) is 0 Å². The van der Waals surface area contributed by atoms with E-state index < -0.39 is 0 Å². The number of nitrogens with two attached hydrogens (primary N) is 1. The van der Waals surface area contributed by atoms with E-state index >= 15 is 0 Å². The Kier molecular flexibility index (Phi) is 5.46. The molecular weight excluding hydrogens is 302 g/mol. The van der Waals surface area contributed by atoms with E-state index in [9.17, 15) is 4.79 Å². The van der Waals surface area contributed by atoms with Crippen LogP contribution in [0.1, 0.15) is 15.9 Å². The average Bonchev–Trinajstić information content (AvgIpc) is 2.61. The number of hydrogen-bond donors (Lipinski definition) is 2. The van der Waals surface area contributed by atoms with Crippen LogP contribution < -0.4 is 11.1 Å². The van der Waals surface area contributed by atoms with Crippen LogP contribution in [0.5, 0.6) is 0 Å². The molecule has 5 heteroatoms. The summed E-state index contributed by atoms with van der Waals surface area (Å²) >= 11 is 0. The number of amides is 1. The molecule has 1 fully saturated rings. The van der Waals surface area contributed by atoms with Gasteiger partial charge in [0, 0.05) is 37.4 Å². The van der Waals surface area contributed by atoms with E-state index in [1.165, 1.54) is 5.56 Å². The Bertz CT molecular complexity index is 658. The Morgan fingerprint density at radius 3 is 2.67 bits per heavy atom. The first-order valence-corrected chi connectivity index (χ1v) is 8.22. The molecule has 1 saturated heterocycles. The van der Waals surface area contributed by atoms with Crippen molar-refractivity contribution in [3.05, 3.63) is 65.7 Å². The molecular formula is C19H23N3O2. The van der Waals surface area contributed by atoms with Crippen LogP contribution in [0.15, 0.2) is 54.6 Å². The van der Waals surface area contributed by atoms with Crippen molar-refractivity contribution in [1.29, 1.82) is 0 Å². The maximum absolute atomic E-state index is 12.2. The van der Waals surface area contributed by atoms with Gasteiger partial charge in [-0.2, -0.15) is 0 Å². The molecule has 3 N–H and O–H groups in total. The van der Waals surface area contributed by atoms with Gasteiger partial charge in [0.15, 0.2) is 0 Å². The fraction of sp³-hybridized carbons (Fsp3) is 0.316. The van der Waals surface area contributed by atoms with Crippen LogP contribution in [0, 0.1) is 0 Å². The zero-order chi connectivity index (χ0) is 16.8. The summed E-state index contributed by atoms with van der Waals surface area (Å²) < 4.78 is 5.77. The number of nitrogen functional groups attached to an aromatic ring is 1. The fourth-order valence-electron chi connectivity index (χ4n) is 2.83. The predicted octanol–water partition coefficient (Wildman–Crippen LogP) is 1.90. The molecule has 0 bridgehead atoms. The maximum atomic E-state index is 12.2. The zero-order valence-corrected chi connectivity index (χ0v) is 13.7. The van der Waals surface area contributed by atoms with Crippen LogP contribution in [-0.2, 0) is 11.3 Å². The highest BCUT2D eigenvalue weighted by atomic mass is 16.5. The van der Waals surface area contributed by atoms with E-state index in [0.717, 1.165) is 19.6 Å². The van der Waals surface area contributed by atoms with Crippen LogP contribution in [0.3, 0.4) is 0 Å². The third kappa shape index (κ3) is 4.57. The highest BCUT2D eigenvalue weighted by Crippen LogP contribution is 2.10. The van der Waals surface area contributed by atoms with Crippen molar-refractivity contribution < 1.29 is 9.53 Å². The number of benzene rings is 2. The summed E-state index contributed by atoms with van der Waals surface area (Å²) in [6, 6.07) is 17.3. The van der Waals surface area contributed by atoms with Gasteiger partial charge in [0.05, 0.1) is 12.7 Å². The summed E-state index contributed by atoms with van der Waals surface area (Å²) in [6.45, 7) is 3.84. The number of anilines is 1. The van der Waals surface area contributed by atoms with Gasteiger partial charge < -0.3 is 15.8 Å². The molecule has 0 spiro atoms. The number of morpholine rings is 1. The molecule has 2 aromatic carbocycles. The van der Waals surface area contributed by atoms with Gasteiger partial charge in [0.1, 0.15) is 0 Å². The summed E-state index contributed by atoms with van der Waals surface area (Å²) in [5, 5.41) is 2.94. The van der Waals surface area contributed by atoms with Crippen molar-refractivity contribution in [3.63, 3.8) is 0 Å². The minimum Gasteiger partial charge on any atom is -0.399 e. The lowest BCUT2D eigenvalue weighted by molar-refractivity contribution is -0.0292. The van der Waals surface area contributed by atoms with Gasteiger partial charge >= 0.3 is 0 Å². The van der Waals surface area contributed by atoms with Crippen molar-refractivity contribution in [3.8, 4) is 0 Å². The molecule has 1 unspecified atom stereocenters. The molecule has 0 saturated carbocycles. The first kappa shape index (κ1) is 16.5. The smallest absolute Gasteiger partial charge is 0.251 e. The summed E-state index contributed by atoms with van der Waals surface area (Å²) in [6.07, 6.45) is 0.0141. The van der Waals surface area contributed by atoms with Crippen molar-refractivity contribution in [2.24, 2.45) is 0 Å². The number of rotatable bonds is 5. The topological polar surface area (TPSA) is 67.6 Å². The van der Waals surface area contributed by atoms with Gasteiger partial charge in [-0.15, -0.1) is 0 Å². The number of nitrogens with zero attached hydrogens (tertiary/aromatic N) is 1. The molecule has 1 amide bonds. The summed E-state index contributed by atoms with van der Waals surface area (Å²) in [5.41, 5.74) is 8.20. The lowest BCUT2D eigenvalue weighted by Gasteiger charge is -2.33. The largest absolute Gasteiger partial charge is 0.399 e. The van der Waals surface area contributed by atoms with Crippen molar-refractivity contribution in [2.45, 2.75) is 12.6 Å². The number of ether oxygens (including phenoxy) is 1. The van der Waals surface area contributed by atoms with E-state index in [2.05, 4.69) is 34.5 Å². The second kappa shape index (κ2) is 7.95. The monoisotopic (exact) mass is 325 g/mol. The Morgan fingerprint density at radius 2 is 1.92 bits per heavy atom. The van der Waals surface area contributed by atoms with Crippen LogP contribution >= 0.6 is 0 Å². The fourth-order valence-corrected chi connectivity index (χ4v) is 2.83. The summed E-state index contributed by atoms with van der Waals surface area (Å²) in [7, 11) is 0. The first-order valence-electron chi connectivity index (χ1n) is 8.22. The molecule has 2 aromatic rings. The molecule has 0 radical (unpaired) electrons. The SMILES string of the molecule is Nc1ccc(C(=O)NCC2CN(Cc3ccccc3)CCO2)cc1. The van der Waals surface area contributed by atoms with E-state index in [4.69, 9.17) is 10.5 Å². The van der Waals surface area contributed by atoms with Gasteiger partial charge in [0.25, 0.3) is 5.91 Å². The highest BCUT2D eigenvalue weighted by molar-refractivity contribution is 5.94. The van der Waals surface area contributed by atoms with Gasteiger partial charge in [-0.05, 0) is 29.8 Å². The van der Waals surface area contributed by atoms with E-state index in [1.807, 2.05) is 6.07 Å². The first-order chi connectivity index (χ1) is 11.7. The number of hydrogen-bond acceptors (Lipinski definition) is 4. The lowest BCUT2D eigenvalue weighted by Crippen LogP contribution is -2.47. The molecule has 3 rings (SSSR count). The third-order valence-electron chi connectivity index (χ3n) is 4.14. The Morgan fingerprint density at radius 1 is 1.17 bits per heavy atom. The second-order valence-electron chi connectivity index (χ2n) is 6.05. The van der Waals surface area contributed by atoms with Crippen LogP contribution in [0.25, 0.3) is 0 Å². The third-order valence-corrected chi connectivity index (χ3v) is 4.14. The molecule has 1 heterocycles. The maximum Gasteiger partial charge on any atom is 0.251 e. The second-order valence-corrected chi connectivity index (χ2v) is 6.05. The van der Waals surface area contributed by atoms with Gasteiger partial charge in [-0.25, -0.2) is 0 Å².